The highest BCUT2D eigenvalue weighted by atomic mass is 127. The maximum Gasteiger partial charge on any atom is 0.260 e. The second kappa shape index (κ2) is 16.1. The molecule has 62 heavy (non-hydrogen) atoms. The van der Waals surface area contributed by atoms with Gasteiger partial charge in [-0.3, -0.25) is 29.5 Å². The van der Waals surface area contributed by atoms with Crippen LogP contribution in [0.4, 0.5) is 11.4 Å². The van der Waals surface area contributed by atoms with Crippen LogP contribution in [0.3, 0.4) is 0 Å². The SMILES string of the molecule is COc1ccc(OC)c(C=Cc2ccc(N3C(=O)C4CC=C5C(CC6C(=O)N(Nc7ccc(C)cc7)C(=O)C6(c6ccccc6)C5c5cc(I)c(O)c(OC)c5)C4C3=O)cc2)c1. The Hall–Kier alpha value is -6.41. The van der Waals surface area contributed by atoms with Gasteiger partial charge in [0.25, 0.3) is 11.8 Å². The number of phenolic OH excluding ortho intramolecular Hbond substituents is 1. The van der Waals surface area contributed by atoms with E-state index < -0.39 is 46.8 Å². The molecule has 5 aromatic carbocycles. The molecule has 0 radical (unpaired) electrons. The Kier molecular flexibility index (Phi) is 10.7. The lowest BCUT2D eigenvalue weighted by molar-refractivity contribution is -0.138. The molecule has 2 aliphatic heterocycles. The predicted octanol–water partition coefficient (Wildman–Crippen LogP) is 8.69. The van der Waals surface area contributed by atoms with Crippen LogP contribution in [0, 0.1) is 34.2 Å². The zero-order valence-electron chi connectivity index (χ0n) is 34.5. The van der Waals surface area contributed by atoms with Gasteiger partial charge < -0.3 is 19.3 Å². The molecule has 314 valence electrons. The maximum absolute atomic E-state index is 15.5. The number of allylic oxidation sites excluding steroid dienone is 2. The van der Waals surface area contributed by atoms with Crippen LogP contribution in [0.15, 0.2) is 121 Å². The number of carbonyl (C=O) groups excluding carboxylic acids is 4. The minimum Gasteiger partial charge on any atom is -0.504 e. The van der Waals surface area contributed by atoms with Crippen molar-refractivity contribution in [3.8, 4) is 23.0 Å². The number of carbonyl (C=O) groups is 4. The zero-order chi connectivity index (χ0) is 43.4. The lowest BCUT2D eigenvalue weighted by atomic mass is 9.49. The summed E-state index contributed by atoms with van der Waals surface area (Å²) in [6.45, 7) is 1.96. The Morgan fingerprint density at radius 2 is 1.50 bits per heavy atom. The number of ether oxygens (including phenoxy) is 3. The van der Waals surface area contributed by atoms with Gasteiger partial charge in [0, 0.05) is 11.5 Å². The molecular weight excluding hydrogens is 897 g/mol. The largest absolute Gasteiger partial charge is 0.504 e. The fraction of sp³-hybridized carbons (Fsp3) is 0.240. The number of nitrogens with zero attached hydrogens (tertiary/aromatic N) is 2. The van der Waals surface area contributed by atoms with E-state index in [1.807, 2.05) is 139 Å². The van der Waals surface area contributed by atoms with Crippen molar-refractivity contribution in [1.29, 1.82) is 0 Å². The molecule has 4 amide bonds. The molecule has 2 saturated heterocycles. The molecule has 4 aliphatic rings. The summed E-state index contributed by atoms with van der Waals surface area (Å²) in [4.78, 5) is 61.2. The summed E-state index contributed by atoms with van der Waals surface area (Å²) >= 11 is 2.04. The summed E-state index contributed by atoms with van der Waals surface area (Å²) in [5, 5.41) is 12.2. The van der Waals surface area contributed by atoms with E-state index >= 15 is 9.59 Å². The van der Waals surface area contributed by atoms with Crippen LogP contribution < -0.4 is 24.5 Å². The third kappa shape index (κ3) is 6.54. The third-order valence-corrected chi connectivity index (χ3v) is 13.9. The Labute approximate surface area is 373 Å². The highest BCUT2D eigenvalue weighted by Crippen LogP contribution is 2.64. The van der Waals surface area contributed by atoms with Crippen molar-refractivity contribution in [3.05, 3.63) is 152 Å². The number of anilines is 2. The molecule has 2 aliphatic carbocycles. The minimum absolute atomic E-state index is 0.0440. The molecule has 5 aromatic rings. The number of benzene rings is 5. The van der Waals surface area contributed by atoms with Gasteiger partial charge in [-0.2, -0.15) is 5.01 Å². The van der Waals surface area contributed by atoms with Crippen molar-refractivity contribution in [1.82, 2.24) is 5.01 Å². The van der Waals surface area contributed by atoms with Crippen molar-refractivity contribution >= 4 is 69.7 Å². The molecule has 6 atom stereocenters. The number of fused-ring (bicyclic) bond motifs is 4. The van der Waals surface area contributed by atoms with E-state index in [0.717, 1.165) is 27.3 Å². The Bertz CT molecular complexity index is 2680. The first-order chi connectivity index (χ1) is 30.0. The maximum atomic E-state index is 15.5. The number of phenols is 1. The number of rotatable bonds is 10. The highest BCUT2D eigenvalue weighted by molar-refractivity contribution is 14.1. The Morgan fingerprint density at radius 3 is 2.19 bits per heavy atom. The summed E-state index contributed by atoms with van der Waals surface area (Å²) in [7, 11) is 4.68. The van der Waals surface area contributed by atoms with Crippen LogP contribution in [0.1, 0.15) is 46.6 Å². The number of nitrogens with one attached hydrogen (secondary N) is 1. The summed E-state index contributed by atoms with van der Waals surface area (Å²) in [5.74, 6) is -3.63. The lowest BCUT2D eigenvalue weighted by Gasteiger charge is -2.50. The quantitative estimate of drug-likeness (QED) is 0.0611. The number of hydrazine groups is 1. The van der Waals surface area contributed by atoms with Crippen LogP contribution in [-0.4, -0.2) is 55.1 Å². The summed E-state index contributed by atoms with van der Waals surface area (Å²) < 4.78 is 17.1. The molecule has 0 bridgehead atoms. The number of amides is 4. The van der Waals surface area contributed by atoms with Crippen molar-refractivity contribution in [2.45, 2.75) is 31.1 Å². The molecule has 3 fully saturated rings. The van der Waals surface area contributed by atoms with E-state index in [0.29, 0.717) is 37.6 Å². The van der Waals surface area contributed by atoms with Crippen molar-refractivity contribution < 1.29 is 38.5 Å². The van der Waals surface area contributed by atoms with Gasteiger partial charge in [0.05, 0.1) is 59.4 Å². The van der Waals surface area contributed by atoms with Gasteiger partial charge in [-0.15, -0.1) is 0 Å². The third-order valence-electron chi connectivity index (χ3n) is 13.0. The molecule has 1 saturated carbocycles. The van der Waals surface area contributed by atoms with Gasteiger partial charge in [-0.05, 0) is 120 Å². The van der Waals surface area contributed by atoms with E-state index in [1.165, 1.54) is 12.0 Å². The Morgan fingerprint density at radius 1 is 0.774 bits per heavy atom. The van der Waals surface area contributed by atoms with Gasteiger partial charge >= 0.3 is 0 Å². The van der Waals surface area contributed by atoms with Crippen molar-refractivity contribution in [3.63, 3.8) is 0 Å². The zero-order valence-corrected chi connectivity index (χ0v) is 36.7. The molecule has 2 heterocycles. The van der Waals surface area contributed by atoms with E-state index in [1.54, 1.807) is 32.4 Å². The second-order valence-electron chi connectivity index (χ2n) is 16.2. The van der Waals surface area contributed by atoms with Gasteiger partial charge in [0.2, 0.25) is 11.8 Å². The number of hydrogen-bond donors (Lipinski definition) is 2. The van der Waals surface area contributed by atoms with Gasteiger partial charge in [-0.1, -0.05) is 84.0 Å². The van der Waals surface area contributed by atoms with Crippen LogP contribution in [0.2, 0.25) is 0 Å². The molecule has 0 aromatic heterocycles. The van der Waals surface area contributed by atoms with E-state index in [2.05, 4.69) is 5.43 Å². The topological polar surface area (TPSA) is 135 Å². The molecule has 9 rings (SSSR count). The molecule has 11 nitrogen and oxygen atoms in total. The number of aryl methyl sites for hydroxylation is 1. The first-order valence-electron chi connectivity index (χ1n) is 20.4. The van der Waals surface area contributed by atoms with E-state index in [9.17, 15) is 14.7 Å². The highest BCUT2D eigenvalue weighted by Gasteiger charge is 2.70. The summed E-state index contributed by atoms with van der Waals surface area (Å²) in [6, 6.07) is 33.1. The smallest absolute Gasteiger partial charge is 0.260 e. The first-order valence-corrected chi connectivity index (χ1v) is 21.5. The number of aromatic hydroxyl groups is 1. The predicted molar refractivity (Wildman–Crippen MR) is 244 cm³/mol. The lowest BCUT2D eigenvalue weighted by Crippen LogP contribution is -2.53. The number of halogens is 1. The van der Waals surface area contributed by atoms with Crippen molar-refractivity contribution in [2.24, 2.45) is 23.7 Å². The van der Waals surface area contributed by atoms with Crippen LogP contribution in [-0.2, 0) is 24.6 Å². The summed E-state index contributed by atoms with van der Waals surface area (Å²) in [5.41, 5.74) is 7.51. The molecule has 0 spiro atoms. The van der Waals surface area contributed by atoms with Gasteiger partial charge in [0.15, 0.2) is 11.5 Å². The van der Waals surface area contributed by atoms with Crippen LogP contribution in [0.5, 0.6) is 23.0 Å². The van der Waals surface area contributed by atoms with E-state index in [4.69, 9.17) is 14.2 Å². The van der Waals surface area contributed by atoms with Gasteiger partial charge in [0.1, 0.15) is 11.5 Å². The molecular formula is C50H44IN3O8. The summed E-state index contributed by atoms with van der Waals surface area (Å²) in [6.07, 6.45) is 6.28. The minimum atomic E-state index is -1.46. The Balaban J connectivity index is 1.12. The van der Waals surface area contributed by atoms with E-state index in [-0.39, 0.29) is 36.2 Å². The number of hydrogen-bond acceptors (Lipinski definition) is 9. The van der Waals surface area contributed by atoms with Gasteiger partial charge in [-0.25, -0.2) is 0 Å². The number of methoxy groups -OCH3 is 3. The van der Waals surface area contributed by atoms with Crippen LogP contribution >= 0.6 is 22.6 Å². The van der Waals surface area contributed by atoms with Crippen LogP contribution in [0.25, 0.3) is 12.2 Å². The monoisotopic (exact) mass is 941 g/mol. The average molecular weight is 942 g/mol. The standard InChI is InChI=1S/C50H44IN3O8/c1-28-10-16-33(17-11-28)52-54-47(57)39-27-38-36(44(31-25-40(51)45(55)42(26-31)62-4)50(39,49(54)59)32-8-6-5-7-9-32)21-22-37-43(38)48(58)53(46(37)56)34-18-13-29(14-19-34)12-15-30-24-35(60-2)20-23-41(30)61-3/h5-21,23-26,37-39,43-44,52,55H,22,27H2,1-4H3. The number of imide groups is 2. The average Bonchev–Trinajstić information content (AvgIpc) is 3.67. The second-order valence-corrected chi connectivity index (χ2v) is 17.4. The molecule has 2 N–H and O–H groups in total. The molecule has 12 heteroatoms. The first kappa shape index (κ1) is 41.0. The normalized spacial score (nSPS) is 24.1. The van der Waals surface area contributed by atoms with Crippen molar-refractivity contribution in [2.75, 3.05) is 31.7 Å². The fourth-order valence-corrected chi connectivity index (χ4v) is 10.8. The fourth-order valence-electron chi connectivity index (χ4n) is 10.2. The molecule has 6 unspecified atom stereocenters.